The average molecular weight is 311 g/mol. The largest absolute Gasteiger partial charge is 0.352 e. The molecule has 21 heavy (non-hydrogen) atoms. The van der Waals surface area contributed by atoms with Gasteiger partial charge in [-0.3, -0.25) is 9.59 Å². The van der Waals surface area contributed by atoms with Crippen LogP contribution in [0.25, 0.3) is 0 Å². The monoisotopic (exact) mass is 310 g/mol. The molecule has 1 aromatic rings. The number of halogens is 1. The second-order valence-corrected chi connectivity index (χ2v) is 6.43. The zero-order chi connectivity index (χ0) is 16.0. The highest BCUT2D eigenvalue weighted by atomic mass is 35.5. The maximum atomic E-state index is 11.9. The normalized spacial score (nSPS) is 11.1. The lowest BCUT2D eigenvalue weighted by Gasteiger charge is -2.34. The van der Waals surface area contributed by atoms with Crippen LogP contribution >= 0.6 is 11.6 Å². The van der Waals surface area contributed by atoms with E-state index in [4.69, 9.17) is 11.6 Å². The standard InChI is InChI=1S/C16H23ClN2O2/c1-12(20)19(16(2,3)4)10-9-15(21)18-11-13-5-7-14(17)8-6-13/h5-8H,9-11H2,1-4H3,(H,18,21). The highest BCUT2D eigenvalue weighted by Crippen LogP contribution is 2.14. The number of benzene rings is 1. The summed E-state index contributed by atoms with van der Waals surface area (Å²) in [5.74, 6) is -0.0894. The van der Waals surface area contributed by atoms with Gasteiger partial charge in [0.2, 0.25) is 11.8 Å². The maximum absolute atomic E-state index is 11.9. The Hall–Kier alpha value is -1.55. The Labute approximate surface area is 131 Å². The molecule has 1 N–H and O–H groups in total. The lowest BCUT2D eigenvalue weighted by Crippen LogP contribution is -2.46. The number of hydrogen-bond donors (Lipinski definition) is 1. The van der Waals surface area contributed by atoms with Crippen LogP contribution in [0.2, 0.25) is 5.02 Å². The van der Waals surface area contributed by atoms with Crippen LogP contribution in [-0.2, 0) is 16.1 Å². The molecule has 0 bridgehead atoms. The molecule has 0 aliphatic carbocycles. The maximum Gasteiger partial charge on any atom is 0.222 e. The van der Waals surface area contributed by atoms with Crippen LogP contribution in [-0.4, -0.2) is 28.8 Å². The van der Waals surface area contributed by atoms with E-state index in [9.17, 15) is 9.59 Å². The van der Waals surface area contributed by atoms with Crippen molar-refractivity contribution in [2.75, 3.05) is 6.54 Å². The van der Waals surface area contributed by atoms with E-state index in [0.717, 1.165) is 5.56 Å². The van der Waals surface area contributed by atoms with Crippen LogP contribution in [0.3, 0.4) is 0 Å². The van der Waals surface area contributed by atoms with E-state index in [1.165, 1.54) is 6.92 Å². The molecule has 0 saturated heterocycles. The van der Waals surface area contributed by atoms with Crippen molar-refractivity contribution in [3.8, 4) is 0 Å². The highest BCUT2D eigenvalue weighted by Gasteiger charge is 2.23. The van der Waals surface area contributed by atoms with Gasteiger partial charge in [-0.1, -0.05) is 23.7 Å². The van der Waals surface area contributed by atoms with E-state index in [2.05, 4.69) is 5.32 Å². The van der Waals surface area contributed by atoms with Gasteiger partial charge in [0.25, 0.3) is 0 Å². The number of hydrogen-bond acceptors (Lipinski definition) is 2. The Morgan fingerprint density at radius 3 is 2.24 bits per heavy atom. The molecular formula is C16H23ClN2O2. The van der Waals surface area contributed by atoms with Crippen molar-refractivity contribution in [3.05, 3.63) is 34.9 Å². The summed E-state index contributed by atoms with van der Waals surface area (Å²) >= 11 is 5.81. The molecule has 1 aromatic carbocycles. The molecule has 0 radical (unpaired) electrons. The molecule has 0 fully saturated rings. The van der Waals surface area contributed by atoms with Crippen molar-refractivity contribution < 1.29 is 9.59 Å². The molecule has 116 valence electrons. The predicted octanol–water partition coefficient (Wildman–Crippen LogP) is 2.99. The summed E-state index contributed by atoms with van der Waals surface area (Å²) in [4.78, 5) is 25.2. The third-order valence-corrected chi connectivity index (χ3v) is 3.41. The minimum Gasteiger partial charge on any atom is -0.352 e. The first-order valence-corrected chi connectivity index (χ1v) is 7.37. The Kier molecular flexibility index (Phi) is 6.21. The van der Waals surface area contributed by atoms with Crippen molar-refractivity contribution in [2.24, 2.45) is 0 Å². The van der Waals surface area contributed by atoms with E-state index < -0.39 is 0 Å². The van der Waals surface area contributed by atoms with Gasteiger partial charge in [0.15, 0.2) is 0 Å². The second kappa shape index (κ2) is 7.46. The van der Waals surface area contributed by atoms with Crippen LogP contribution in [0.1, 0.15) is 39.7 Å². The molecular weight excluding hydrogens is 288 g/mol. The average Bonchev–Trinajstić information content (AvgIpc) is 2.36. The van der Waals surface area contributed by atoms with Crippen molar-refractivity contribution in [1.82, 2.24) is 10.2 Å². The minimum absolute atomic E-state index is 0.0204. The number of carbonyl (C=O) groups is 2. The molecule has 0 heterocycles. The summed E-state index contributed by atoms with van der Waals surface area (Å²) < 4.78 is 0. The van der Waals surface area contributed by atoms with E-state index >= 15 is 0 Å². The van der Waals surface area contributed by atoms with Gasteiger partial charge in [-0.25, -0.2) is 0 Å². The molecule has 0 aliphatic rings. The minimum atomic E-state index is -0.276. The first-order chi connectivity index (χ1) is 9.70. The van der Waals surface area contributed by atoms with E-state index in [1.807, 2.05) is 32.9 Å². The van der Waals surface area contributed by atoms with Gasteiger partial charge in [-0.2, -0.15) is 0 Å². The van der Waals surface area contributed by atoms with Crippen LogP contribution < -0.4 is 5.32 Å². The summed E-state index contributed by atoms with van der Waals surface area (Å²) in [5, 5.41) is 3.52. The SMILES string of the molecule is CC(=O)N(CCC(=O)NCc1ccc(Cl)cc1)C(C)(C)C. The molecule has 0 aromatic heterocycles. The van der Waals surface area contributed by atoms with Gasteiger partial charge in [-0.15, -0.1) is 0 Å². The van der Waals surface area contributed by atoms with E-state index in [0.29, 0.717) is 24.5 Å². The Morgan fingerprint density at radius 2 is 1.76 bits per heavy atom. The lowest BCUT2D eigenvalue weighted by atomic mass is 10.1. The summed E-state index contributed by atoms with van der Waals surface area (Å²) in [7, 11) is 0. The summed E-state index contributed by atoms with van der Waals surface area (Å²) in [6.45, 7) is 8.29. The van der Waals surface area contributed by atoms with Crippen LogP contribution in [0, 0.1) is 0 Å². The summed E-state index contributed by atoms with van der Waals surface area (Å²) in [6, 6.07) is 7.33. The zero-order valence-corrected chi connectivity index (χ0v) is 13.8. The number of amides is 2. The zero-order valence-electron chi connectivity index (χ0n) is 13.1. The molecule has 2 amide bonds. The fraction of sp³-hybridized carbons (Fsp3) is 0.500. The van der Waals surface area contributed by atoms with Gasteiger partial charge >= 0.3 is 0 Å². The molecule has 4 nitrogen and oxygen atoms in total. The molecule has 0 spiro atoms. The quantitative estimate of drug-likeness (QED) is 0.909. The van der Waals surface area contributed by atoms with Gasteiger partial charge in [0.05, 0.1) is 0 Å². The fourth-order valence-electron chi connectivity index (χ4n) is 2.07. The van der Waals surface area contributed by atoms with E-state index in [1.54, 1.807) is 17.0 Å². The van der Waals surface area contributed by atoms with Crippen molar-refractivity contribution in [3.63, 3.8) is 0 Å². The van der Waals surface area contributed by atoms with Gasteiger partial charge in [0.1, 0.15) is 0 Å². The van der Waals surface area contributed by atoms with Gasteiger partial charge < -0.3 is 10.2 Å². The molecule has 0 aliphatic heterocycles. The first kappa shape index (κ1) is 17.5. The summed E-state index contributed by atoms with van der Waals surface area (Å²) in [5.41, 5.74) is 0.717. The molecule has 0 unspecified atom stereocenters. The third kappa shape index (κ3) is 6.17. The molecule has 0 saturated carbocycles. The lowest BCUT2D eigenvalue weighted by molar-refractivity contribution is -0.134. The van der Waals surface area contributed by atoms with Gasteiger partial charge in [0, 0.05) is 37.0 Å². The van der Waals surface area contributed by atoms with Crippen LogP contribution in [0.5, 0.6) is 0 Å². The van der Waals surface area contributed by atoms with Crippen molar-refractivity contribution >= 4 is 23.4 Å². The molecule has 1 rings (SSSR count). The number of nitrogens with one attached hydrogen (secondary N) is 1. The Balaban J connectivity index is 2.43. The Morgan fingerprint density at radius 1 is 1.19 bits per heavy atom. The second-order valence-electron chi connectivity index (χ2n) is 5.99. The van der Waals surface area contributed by atoms with Crippen LogP contribution in [0.4, 0.5) is 0 Å². The van der Waals surface area contributed by atoms with E-state index in [-0.39, 0.29) is 17.4 Å². The first-order valence-electron chi connectivity index (χ1n) is 6.99. The number of nitrogens with zero attached hydrogens (tertiary/aromatic N) is 1. The number of carbonyl (C=O) groups excluding carboxylic acids is 2. The highest BCUT2D eigenvalue weighted by molar-refractivity contribution is 6.30. The predicted molar refractivity (Wildman–Crippen MR) is 85.1 cm³/mol. The smallest absolute Gasteiger partial charge is 0.222 e. The van der Waals surface area contributed by atoms with Crippen LogP contribution in [0.15, 0.2) is 24.3 Å². The topological polar surface area (TPSA) is 49.4 Å². The molecule has 0 atom stereocenters. The summed E-state index contributed by atoms with van der Waals surface area (Å²) in [6.07, 6.45) is 0.296. The fourth-order valence-corrected chi connectivity index (χ4v) is 2.20. The third-order valence-electron chi connectivity index (χ3n) is 3.16. The Bertz CT molecular complexity index is 492. The van der Waals surface area contributed by atoms with Gasteiger partial charge in [-0.05, 0) is 38.5 Å². The van der Waals surface area contributed by atoms with Crippen molar-refractivity contribution in [2.45, 2.75) is 46.2 Å². The number of rotatable bonds is 5. The molecule has 5 heteroatoms. The van der Waals surface area contributed by atoms with Crippen molar-refractivity contribution in [1.29, 1.82) is 0 Å².